The van der Waals surface area contributed by atoms with E-state index in [1.807, 2.05) is 6.07 Å². The molecule has 2 heteroatoms. The third-order valence-corrected chi connectivity index (χ3v) is 4.43. The monoisotopic (exact) mass is 258 g/mol. The lowest BCUT2D eigenvalue weighted by Crippen LogP contribution is -1.91. The largest absolute Gasteiger partial charge is 0.147 e. The molecule has 0 fully saturated rings. The number of thiophene rings is 1. The van der Waals surface area contributed by atoms with Crippen LogP contribution in [0.5, 0.6) is 0 Å². The number of halogens is 1. The van der Waals surface area contributed by atoms with Crippen molar-refractivity contribution in [2.45, 2.75) is 5.38 Å². The summed E-state index contributed by atoms with van der Waals surface area (Å²) in [7, 11) is 0. The number of fused-ring (bicyclic) bond motifs is 1. The average Bonchev–Trinajstić information content (AvgIpc) is 2.91. The lowest BCUT2D eigenvalue weighted by atomic mass is 10.0. The molecule has 0 bridgehead atoms. The Morgan fingerprint density at radius 3 is 2.53 bits per heavy atom. The van der Waals surface area contributed by atoms with Crippen molar-refractivity contribution in [2.75, 3.05) is 0 Å². The second-order valence-electron chi connectivity index (χ2n) is 3.95. The zero-order valence-electron chi connectivity index (χ0n) is 9.14. The van der Waals surface area contributed by atoms with Crippen LogP contribution in [0.25, 0.3) is 10.8 Å². The normalized spacial score (nSPS) is 12.8. The first-order valence-electron chi connectivity index (χ1n) is 5.51. The van der Waals surface area contributed by atoms with E-state index in [4.69, 9.17) is 11.6 Å². The minimum Gasteiger partial charge on any atom is -0.147 e. The van der Waals surface area contributed by atoms with Gasteiger partial charge in [-0.25, -0.2) is 0 Å². The highest BCUT2D eigenvalue weighted by molar-refractivity contribution is 7.10. The molecule has 0 aliphatic rings. The molecule has 3 rings (SSSR count). The van der Waals surface area contributed by atoms with Crippen molar-refractivity contribution in [3.05, 3.63) is 70.4 Å². The van der Waals surface area contributed by atoms with Crippen LogP contribution < -0.4 is 0 Å². The van der Waals surface area contributed by atoms with E-state index in [9.17, 15) is 0 Å². The first-order valence-corrected chi connectivity index (χ1v) is 6.83. The summed E-state index contributed by atoms with van der Waals surface area (Å²) in [5.74, 6) is 0. The molecule has 1 unspecified atom stereocenters. The molecule has 0 aliphatic heterocycles. The molecule has 0 amide bonds. The fraction of sp³-hybridized carbons (Fsp3) is 0.0667. The molecule has 0 nitrogen and oxygen atoms in total. The lowest BCUT2D eigenvalue weighted by Gasteiger charge is -2.11. The van der Waals surface area contributed by atoms with Gasteiger partial charge in [-0.2, -0.15) is 0 Å². The van der Waals surface area contributed by atoms with Crippen molar-refractivity contribution in [1.29, 1.82) is 0 Å². The van der Waals surface area contributed by atoms with Crippen LogP contribution >= 0.6 is 22.9 Å². The van der Waals surface area contributed by atoms with E-state index in [1.54, 1.807) is 11.3 Å². The number of alkyl halides is 1. The first-order chi connectivity index (χ1) is 8.36. The topological polar surface area (TPSA) is 0 Å². The number of hydrogen-bond donors (Lipinski definition) is 0. The zero-order chi connectivity index (χ0) is 11.7. The van der Waals surface area contributed by atoms with Crippen LogP contribution in [-0.2, 0) is 0 Å². The molecule has 2 aromatic carbocycles. The van der Waals surface area contributed by atoms with E-state index in [1.165, 1.54) is 21.2 Å². The van der Waals surface area contributed by atoms with Crippen LogP contribution in [0.3, 0.4) is 0 Å². The van der Waals surface area contributed by atoms with Gasteiger partial charge in [-0.15, -0.1) is 22.9 Å². The van der Waals surface area contributed by atoms with Gasteiger partial charge in [0.05, 0.1) is 5.38 Å². The van der Waals surface area contributed by atoms with Gasteiger partial charge in [0.2, 0.25) is 0 Å². The highest BCUT2D eigenvalue weighted by Crippen LogP contribution is 2.35. The van der Waals surface area contributed by atoms with Crippen molar-refractivity contribution in [3.8, 4) is 0 Å². The molecule has 1 aromatic heterocycles. The maximum Gasteiger partial charge on any atom is 0.0933 e. The van der Waals surface area contributed by atoms with Gasteiger partial charge >= 0.3 is 0 Å². The van der Waals surface area contributed by atoms with Crippen molar-refractivity contribution in [2.24, 2.45) is 0 Å². The molecule has 0 saturated heterocycles. The van der Waals surface area contributed by atoms with Gasteiger partial charge in [-0.1, -0.05) is 48.5 Å². The Bertz CT molecular complexity index is 623. The summed E-state index contributed by atoms with van der Waals surface area (Å²) < 4.78 is 0. The second-order valence-corrected chi connectivity index (χ2v) is 5.36. The molecule has 1 atom stereocenters. The van der Waals surface area contributed by atoms with Crippen LogP contribution in [0.4, 0.5) is 0 Å². The van der Waals surface area contributed by atoms with Gasteiger partial charge in [-0.3, -0.25) is 0 Å². The molecular formula is C15H11ClS. The fourth-order valence-electron chi connectivity index (χ4n) is 2.06. The van der Waals surface area contributed by atoms with Crippen molar-refractivity contribution < 1.29 is 0 Å². The lowest BCUT2D eigenvalue weighted by molar-refractivity contribution is 1.21. The SMILES string of the molecule is ClC(c1cccs1)c1cccc2ccccc12. The Kier molecular flexibility index (Phi) is 2.87. The zero-order valence-corrected chi connectivity index (χ0v) is 10.7. The summed E-state index contributed by atoms with van der Waals surface area (Å²) in [4.78, 5) is 1.20. The van der Waals surface area contributed by atoms with Crippen LogP contribution in [-0.4, -0.2) is 0 Å². The van der Waals surface area contributed by atoms with Gasteiger partial charge in [0.1, 0.15) is 0 Å². The van der Waals surface area contributed by atoms with E-state index in [2.05, 4.69) is 53.9 Å². The van der Waals surface area contributed by atoms with Gasteiger partial charge < -0.3 is 0 Å². The molecule has 0 saturated carbocycles. The molecule has 84 valence electrons. The highest BCUT2D eigenvalue weighted by Gasteiger charge is 2.13. The van der Waals surface area contributed by atoms with Crippen LogP contribution in [0.15, 0.2) is 60.0 Å². The summed E-state index contributed by atoms with van der Waals surface area (Å²) in [6.07, 6.45) is 0. The molecule has 1 heterocycles. The van der Waals surface area contributed by atoms with E-state index < -0.39 is 0 Å². The van der Waals surface area contributed by atoms with Crippen LogP contribution in [0.1, 0.15) is 15.8 Å². The third kappa shape index (κ3) is 1.97. The molecule has 0 spiro atoms. The van der Waals surface area contributed by atoms with E-state index in [0.717, 1.165) is 0 Å². The molecule has 0 aliphatic carbocycles. The molecule has 0 radical (unpaired) electrons. The van der Waals surface area contributed by atoms with Gasteiger partial charge in [0.25, 0.3) is 0 Å². The first kappa shape index (κ1) is 10.8. The van der Waals surface area contributed by atoms with Gasteiger partial charge in [0, 0.05) is 4.88 Å². The Hall–Kier alpha value is -1.31. The Morgan fingerprint density at radius 2 is 1.71 bits per heavy atom. The predicted octanol–water partition coefficient (Wildman–Crippen LogP) is 5.23. The van der Waals surface area contributed by atoms with E-state index >= 15 is 0 Å². The van der Waals surface area contributed by atoms with Crippen molar-refractivity contribution >= 4 is 33.7 Å². The summed E-state index contributed by atoms with van der Waals surface area (Å²) >= 11 is 8.26. The summed E-state index contributed by atoms with van der Waals surface area (Å²) in [5.41, 5.74) is 1.19. The smallest absolute Gasteiger partial charge is 0.0933 e. The van der Waals surface area contributed by atoms with Crippen LogP contribution in [0.2, 0.25) is 0 Å². The fourth-order valence-corrected chi connectivity index (χ4v) is 3.20. The summed E-state index contributed by atoms with van der Waals surface area (Å²) in [5, 5.41) is 4.49. The summed E-state index contributed by atoms with van der Waals surface area (Å²) in [6, 6.07) is 18.8. The maximum absolute atomic E-state index is 6.56. The van der Waals surface area contributed by atoms with Gasteiger partial charge in [0.15, 0.2) is 0 Å². The van der Waals surface area contributed by atoms with E-state index in [0.29, 0.717) is 0 Å². The van der Waals surface area contributed by atoms with Crippen molar-refractivity contribution in [1.82, 2.24) is 0 Å². The predicted molar refractivity (Wildman–Crippen MR) is 76.0 cm³/mol. The maximum atomic E-state index is 6.56. The Labute approximate surface area is 109 Å². The molecular weight excluding hydrogens is 248 g/mol. The second kappa shape index (κ2) is 4.52. The minimum absolute atomic E-state index is 0.0545. The number of hydrogen-bond acceptors (Lipinski definition) is 1. The highest BCUT2D eigenvalue weighted by atomic mass is 35.5. The number of rotatable bonds is 2. The minimum atomic E-state index is -0.0545. The average molecular weight is 259 g/mol. The van der Waals surface area contributed by atoms with Gasteiger partial charge in [-0.05, 0) is 27.8 Å². The van der Waals surface area contributed by atoms with Crippen molar-refractivity contribution in [3.63, 3.8) is 0 Å². The Morgan fingerprint density at radius 1 is 0.882 bits per heavy atom. The Balaban J connectivity index is 2.17. The quantitative estimate of drug-likeness (QED) is 0.552. The molecule has 17 heavy (non-hydrogen) atoms. The standard InChI is InChI=1S/C15H11ClS/c16-15(14-9-4-10-17-14)13-8-3-6-11-5-1-2-7-12(11)13/h1-10,15H. The third-order valence-electron chi connectivity index (χ3n) is 2.89. The van der Waals surface area contributed by atoms with Crippen LogP contribution in [0, 0.1) is 0 Å². The van der Waals surface area contributed by atoms with E-state index in [-0.39, 0.29) is 5.38 Å². The molecule has 0 N–H and O–H groups in total. The summed E-state index contributed by atoms with van der Waals surface area (Å²) in [6.45, 7) is 0. The molecule has 3 aromatic rings. The number of benzene rings is 2.